The molecular formula is C18H22N2O2. The van der Waals surface area contributed by atoms with Gasteiger partial charge >= 0.3 is 0 Å². The van der Waals surface area contributed by atoms with Gasteiger partial charge in [-0.2, -0.15) is 0 Å². The SMILES string of the molecule is CCC(NC(=O)c1ccc(CN)cc1)c1ccc(OC)cc1. The summed E-state index contributed by atoms with van der Waals surface area (Å²) in [7, 11) is 1.64. The Morgan fingerprint density at radius 3 is 2.27 bits per heavy atom. The van der Waals surface area contributed by atoms with Crippen molar-refractivity contribution < 1.29 is 9.53 Å². The van der Waals surface area contributed by atoms with E-state index in [4.69, 9.17) is 10.5 Å². The van der Waals surface area contributed by atoms with Crippen molar-refractivity contribution in [2.45, 2.75) is 25.9 Å². The topological polar surface area (TPSA) is 64.4 Å². The molecule has 0 saturated carbocycles. The van der Waals surface area contributed by atoms with Gasteiger partial charge in [-0.15, -0.1) is 0 Å². The van der Waals surface area contributed by atoms with Gasteiger partial charge in [-0.3, -0.25) is 4.79 Å². The van der Waals surface area contributed by atoms with Crippen molar-refractivity contribution in [1.29, 1.82) is 0 Å². The molecule has 1 unspecified atom stereocenters. The number of methoxy groups -OCH3 is 1. The number of nitrogens with two attached hydrogens (primary N) is 1. The van der Waals surface area contributed by atoms with Gasteiger partial charge in [0.15, 0.2) is 0 Å². The van der Waals surface area contributed by atoms with Crippen LogP contribution in [0, 0.1) is 0 Å². The van der Waals surface area contributed by atoms with Gasteiger partial charge in [0.1, 0.15) is 5.75 Å². The van der Waals surface area contributed by atoms with Crippen LogP contribution in [0.5, 0.6) is 5.75 Å². The van der Waals surface area contributed by atoms with Crippen LogP contribution in [0.15, 0.2) is 48.5 Å². The first kappa shape index (κ1) is 16.0. The van der Waals surface area contributed by atoms with Crippen LogP contribution in [-0.4, -0.2) is 13.0 Å². The normalized spacial score (nSPS) is 11.8. The van der Waals surface area contributed by atoms with Crippen LogP contribution in [-0.2, 0) is 6.54 Å². The second kappa shape index (κ2) is 7.61. The largest absolute Gasteiger partial charge is 0.497 e. The van der Waals surface area contributed by atoms with Crippen LogP contribution in [0.2, 0.25) is 0 Å². The molecule has 0 aliphatic carbocycles. The van der Waals surface area contributed by atoms with E-state index < -0.39 is 0 Å². The van der Waals surface area contributed by atoms with Crippen molar-refractivity contribution in [3.05, 3.63) is 65.2 Å². The highest BCUT2D eigenvalue weighted by Gasteiger charge is 2.14. The molecule has 0 heterocycles. The summed E-state index contributed by atoms with van der Waals surface area (Å²) in [6.45, 7) is 2.53. The number of benzene rings is 2. The van der Waals surface area contributed by atoms with Crippen LogP contribution < -0.4 is 15.8 Å². The maximum Gasteiger partial charge on any atom is 0.251 e. The fraction of sp³-hybridized carbons (Fsp3) is 0.278. The molecule has 22 heavy (non-hydrogen) atoms. The molecule has 116 valence electrons. The first-order valence-corrected chi connectivity index (χ1v) is 7.41. The lowest BCUT2D eigenvalue weighted by atomic mass is 10.0. The van der Waals surface area contributed by atoms with Gasteiger partial charge in [0.05, 0.1) is 13.2 Å². The first-order chi connectivity index (χ1) is 10.7. The molecule has 4 nitrogen and oxygen atoms in total. The predicted molar refractivity (Wildman–Crippen MR) is 87.8 cm³/mol. The summed E-state index contributed by atoms with van der Waals surface area (Å²) in [5.41, 5.74) is 8.29. The quantitative estimate of drug-likeness (QED) is 0.861. The summed E-state index contributed by atoms with van der Waals surface area (Å²) < 4.78 is 5.16. The van der Waals surface area contributed by atoms with Gasteiger partial charge in [-0.1, -0.05) is 31.2 Å². The highest BCUT2D eigenvalue weighted by Crippen LogP contribution is 2.20. The fourth-order valence-electron chi connectivity index (χ4n) is 2.29. The first-order valence-electron chi connectivity index (χ1n) is 7.41. The Balaban J connectivity index is 2.09. The van der Waals surface area contributed by atoms with E-state index in [0.717, 1.165) is 23.3 Å². The van der Waals surface area contributed by atoms with Crippen molar-refractivity contribution >= 4 is 5.91 Å². The smallest absolute Gasteiger partial charge is 0.251 e. The van der Waals surface area contributed by atoms with E-state index >= 15 is 0 Å². The van der Waals surface area contributed by atoms with E-state index in [1.807, 2.05) is 43.3 Å². The Morgan fingerprint density at radius 2 is 1.77 bits per heavy atom. The minimum absolute atomic E-state index is 0.0207. The van der Waals surface area contributed by atoms with Crippen LogP contribution >= 0.6 is 0 Å². The number of ether oxygens (including phenoxy) is 1. The van der Waals surface area contributed by atoms with Gasteiger partial charge in [0, 0.05) is 12.1 Å². The molecule has 2 aromatic carbocycles. The average Bonchev–Trinajstić information content (AvgIpc) is 2.59. The van der Waals surface area contributed by atoms with Crippen molar-refractivity contribution in [2.24, 2.45) is 5.73 Å². The molecule has 0 aromatic heterocycles. The third-order valence-corrected chi connectivity index (χ3v) is 3.68. The Morgan fingerprint density at radius 1 is 1.14 bits per heavy atom. The number of nitrogens with one attached hydrogen (secondary N) is 1. The van der Waals surface area contributed by atoms with E-state index in [2.05, 4.69) is 5.32 Å². The zero-order valence-corrected chi connectivity index (χ0v) is 13.0. The average molecular weight is 298 g/mol. The molecule has 3 N–H and O–H groups in total. The molecule has 0 aliphatic heterocycles. The summed E-state index contributed by atoms with van der Waals surface area (Å²) >= 11 is 0. The molecule has 2 aromatic rings. The number of hydrogen-bond donors (Lipinski definition) is 2. The summed E-state index contributed by atoms with van der Waals surface area (Å²) in [4.78, 5) is 12.3. The van der Waals surface area contributed by atoms with Crippen molar-refractivity contribution in [1.82, 2.24) is 5.32 Å². The van der Waals surface area contributed by atoms with Gasteiger partial charge in [0.25, 0.3) is 5.91 Å². The highest BCUT2D eigenvalue weighted by atomic mass is 16.5. The van der Waals surface area contributed by atoms with Crippen molar-refractivity contribution in [3.63, 3.8) is 0 Å². The summed E-state index contributed by atoms with van der Waals surface area (Å²) in [6.07, 6.45) is 0.818. The van der Waals surface area contributed by atoms with Crippen LogP contribution in [0.3, 0.4) is 0 Å². The lowest BCUT2D eigenvalue weighted by Crippen LogP contribution is -2.28. The molecule has 0 spiro atoms. The van der Waals surface area contributed by atoms with E-state index in [9.17, 15) is 4.79 Å². The van der Waals surface area contributed by atoms with E-state index in [1.165, 1.54) is 0 Å². The van der Waals surface area contributed by atoms with Crippen LogP contribution in [0.25, 0.3) is 0 Å². The molecule has 1 amide bonds. The molecule has 4 heteroatoms. The number of amides is 1. The van der Waals surface area contributed by atoms with Crippen molar-refractivity contribution in [2.75, 3.05) is 7.11 Å². The zero-order valence-electron chi connectivity index (χ0n) is 13.0. The molecule has 0 saturated heterocycles. The zero-order chi connectivity index (χ0) is 15.9. The second-order valence-corrected chi connectivity index (χ2v) is 5.11. The Bertz CT molecular complexity index is 606. The van der Waals surface area contributed by atoms with Gasteiger partial charge in [0.2, 0.25) is 0 Å². The Hall–Kier alpha value is -2.33. The third-order valence-electron chi connectivity index (χ3n) is 3.68. The lowest BCUT2D eigenvalue weighted by Gasteiger charge is -2.18. The van der Waals surface area contributed by atoms with Crippen LogP contribution in [0.4, 0.5) is 0 Å². The maximum absolute atomic E-state index is 12.3. The van der Waals surface area contributed by atoms with Crippen molar-refractivity contribution in [3.8, 4) is 5.75 Å². The van der Waals surface area contributed by atoms with E-state index in [0.29, 0.717) is 12.1 Å². The maximum atomic E-state index is 12.3. The Labute approximate surface area is 131 Å². The minimum Gasteiger partial charge on any atom is -0.497 e. The lowest BCUT2D eigenvalue weighted by molar-refractivity contribution is 0.0935. The second-order valence-electron chi connectivity index (χ2n) is 5.11. The van der Waals surface area contributed by atoms with Gasteiger partial charge in [-0.05, 0) is 41.8 Å². The number of rotatable bonds is 6. The predicted octanol–water partition coefficient (Wildman–Crippen LogP) is 3.04. The third kappa shape index (κ3) is 3.86. The van der Waals surface area contributed by atoms with Crippen LogP contribution in [0.1, 0.15) is 40.9 Å². The molecule has 1 atom stereocenters. The number of carbonyl (C=O) groups excluding carboxylic acids is 1. The summed E-state index contributed by atoms with van der Waals surface area (Å²) in [5, 5.41) is 3.06. The molecule has 2 rings (SSSR count). The summed E-state index contributed by atoms with van der Waals surface area (Å²) in [5.74, 6) is 0.730. The molecule has 0 bridgehead atoms. The highest BCUT2D eigenvalue weighted by molar-refractivity contribution is 5.94. The Kier molecular flexibility index (Phi) is 5.55. The monoisotopic (exact) mass is 298 g/mol. The standard InChI is InChI=1S/C18H22N2O2/c1-3-17(14-8-10-16(22-2)11-9-14)20-18(21)15-6-4-13(12-19)5-7-15/h4-11,17H,3,12,19H2,1-2H3,(H,20,21). The number of carbonyl (C=O) groups is 1. The minimum atomic E-state index is -0.0776. The molecule has 0 fully saturated rings. The molecule has 0 aliphatic rings. The van der Waals surface area contributed by atoms with E-state index in [1.54, 1.807) is 19.2 Å². The van der Waals surface area contributed by atoms with Gasteiger partial charge in [-0.25, -0.2) is 0 Å². The summed E-state index contributed by atoms with van der Waals surface area (Å²) in [6, 6.07) is 15.1. The number of hydrogen-bond acceptors (Lipinski definition) is 3. The van der Waals surface area contributed by atoms with E-state index in [-0.39, 0.29) is 11.9 Å². The molecule has 0 radical (unpaired) electrons. The molecular weight excluding hydrogens is 276 g/mol. The fourth-order valence-corrected chi connectivity index (χ4v) is 2.29. The van der Waals surface area contributed by atoms with Gasteiger partial charge < -0.3 is 15.8 Å².